The topological polar surface area (TPSA) is 24.4 Å². The van der Waals surface area contributed by atoms with Gasteiger partial charge in [0, 0.05) is 31.3 Å². The number of rotatable bonds is 3. The molecule has 1 aliphatic rings. The monoisotopic (exact) mass is 236 g/mol. The van der Waals surface area contributed by atoms with Crippen molar-refractivity contribution in [3.05, 3.63) is 35.9 Å². The highest BCUT2D eigenvalue weighted by Gasteiger charge is 2.16. The zero-order valence-electron chi connectivity index (χ0n) is 9.32. The molecule has 86 valence electrons. The van der Waals surface area contributed by atoms with Crippen LogP contribution in [-0.2, 0) is 0 Å². The predicted molar refractivity (Wildman–Crippen MR) is 69.4 cm³/mol. The number of nitrogens with zero attached hydrogens (tertiary/aromatic N) is 1. The molecular weight excluding hydrogens is 220 g/mol. The maximum Gasteiger partial charge on any atom is 0.0963 e. The molecule has 1 atom stereocenters. The van der Waals surface area contributed by atoms with Crippen LogP contribution in [0, 0.1) is 0 Å². The van der Waals surface area contributed by atoms with Crippen molar-refractivity contribution in [1.29, 1.82) is 0 Å². The molecule has 0 aromatic heterocycles. The molecule has 0 bridgehead atoms. The van der Waals surface area contributed by atoms with Crippen molar-refractivity contribution in [2.75, 3.05) is 19.0 Å². The van der Waals surface area contributed by atoms with Crippen LogP contribution in [0.25, 0.3) is 0 Å². The van der Waals surface area contributed by atoms with E-state index in [9.17, 15) is 0 Å². The number of halogens is 1. The van der Waals surface area contributed by atoms with E-state index in [0.717, 1.165) is 25.3 Å². The van der Waals surface area contributed by atoms with Gasteiger partial charge in [0.2, 0.25) is 0 Å². The molecule has 16 heavy (non-hydrogen) atoms. The third kappa shape index (κ3) is 2.99. The van der Waals surface area contributed by atoms with Gasteiger partial charge in [0.15, 0.2) is 0 Å². The van der Waals surface area contributed by atoms with Gasteiger partial charge in [-0.3, -0.25) is 4.99 Å². The lowest BCUT2D eigenvalue weighted by Crippen LogP contribution is -2.29. The minimum Gasteiger partial charge on any atom is -0.373 e. The van der Waals surface area contributed by atoms with Crippen LogP contribution >= 0.6 is 11.6 Å². The van der Waals surface area contributed by atoms with E-state index in [1.807, 2.05) is 0 Å². The first-order valence-corrected chi connectivity index (χ1v) is 6.31. The Bertz CT molecular complexity index is 348. The molecule has 1 aliphatic heterocycles. The second kappa shape index (κ2) is 5.90. The van der Waals surface area contributed by atoms with Crippen molar-refractivity contribution < 1.29 is 0 Å². The summed E-state index contributed by atoms with van der Waals surface area (Å²) in [5.41, 5.74) is 1.41. The van der Waals surface area contributed by atoms with Crippen LogP contribution in [0.4, 0.5) is 0 Å². The SMILES string of the molecule is ClCCNC1=NCC(c2ccccc2)CC1. The Morgan fingerprint density at radius 1 is 1.31 bits per heavy atom. The Hall–Kier alpha value is -1.02. The van der Waals surface area contributed by atoms with Gasteiger partial charge in [0.1, 0.15) is 0 Å². The Kier molecular flexibility index (Phi) is 4.23. The first-order chi connectivity index (χ1) is 7.90. The van der Waals surface area contributed by atoms with Gasteiger partial charge in [0.05, 0.1) is 5.84 Å². The normalized spacial score (nSPS) is 20.3. The molecule has 0 saturated heterocycles. The third-order valence-corrected chi connectivity index (χ3v) is 3.12. The molecule has 1 aromatic carbocycles. The van der Waals surface area contributed by atoms with E-state index in [2.05, 4.69) is 40.6 Å². The van der Waals surface area contributed by atoms with Crippen LogP contribution in [-0.4, -0.2) is 24.8 Å². The van der Waals surface area contributed by atoms with Gasteiger partial charge >= 0.3 is 0 Å². The molecule has 1 aromatic rings. The van der Waals surface area contributed by atoms with E-state index in [-0.39, 0.29) is 0 Å². The summed E-state index contributed by atoms with van der Waals surface area (Å²) < 4.78 is 0. The molecule has 2 nitrogen and oxygen atoms in total. The van der Waals surface area contributed by atoms with Gasteiger partial charge in [-0.15, -0.1) is 11.6 Å². The second-order valence-electron chi connectivity index (χ2n) is 4.05. The average molecular weight is 237 g/mol. The molecular formula is C13H17ClN2. The summed E-state index contributed by atoms with van der Waals surface area (Å²) >= 11 is 5.63. The van der Waals surface area contributed by atoms with Crippen molar-refractivity contribution in [3.8, 4) is 0 Å². The maximum absolute atomic E-state index is 5.63. The molecule has 1 heterocycles. The fraction of sp³-hybridized carbons (Fsp3) is 0.462. The Morgan fingerprint density at radius 3 is 2.75 bits per heavy atom. The van der Waals surface area contributed by atoms with Crippen molar-refractivity contribution in [1.82, 2.24) is 5.32 Å². The maximum atomic E-state index is 5.63. The van der Waals surface area contributed by atoms with Gasteiger partial charge in [-0.05, 0) is 12.0 Å². The lowest BCUT2D eigenvalue weighted by Gasteiger charge is -2.22. The van der Waals surface area contributed by atoms with E-state index in [1.165, 1.54) is 12.0 Å². The van der Waals surface area contributed by atoms with Crippen LogP contribution in [0.2, 0.25) is 0 Å². The number of nitrogens with one attached hydrogen (secondary N) is 1. The third-order valence-electron chi connectivity index (χ3n) is 2.93. The number of benzene rings is 1. The fourth-order valence-electron chi connectivity index (χ4n) is 2.03. The Morgan fingerprint density at radius 2 is 2.12 bits per heavy atom. The van der Waals surface area contributed by atoms with Gasteiger partial charge in [-0.1, -0.05) is 30.3 Å². The first-order valence-electron chi connectivity index (χ1n) is 5.78. The van der Waals surface area contributed by atoms with Gasteiger partial charge < -0.3 is 5.32 Å². The number of amidine groups is 1. The standard InChI is InChI=1S/C13H17ClN2/c14-8-9-15-13-7-6-12(10-16-13)11-4-2-1-3-5-11/h1-5,12H,6-10H2,(H,15,16). The van der Waals surface area contributed by atoms with Crippen LogP contribution in [0.1, 0.15) is 24.3 Å². The predicted octanol–water partition coefficient (Wildman–Crippen LogP) is 2.79. The van der Waals surface area contributed by atoms with Crippen LogP contribution in [0.3, 0.4) is 0 Å². The van der Waals surface area contributed by atoms with Crippen LogP contribution in [0.5, 0.6) is 0 Å². The summed E-state index contributed by atoms with van der Waals surface area (Å²) in [6, 6.07) is 10.6. The molecule has 1 N–H and O–H groups in total. The molecule has 3 heteroatoms. The minimum absolute atomic E-state index is 0.586. The van der Waals surface area contributed by atoms with Crippen molar-refractivity contribution in [2.24, 2.45) is 4.99 Å². The highest BCUT2D eigenvalue weighted by molar-refractivity contribution is 6.18. The van der Waals surface area contributed by atoms with E-state index in [1.54, 1.807) is 0 Å². The summed E-state index contributed by atoms with van der Waals surface area (Å²) in [6.45, 7) is 1.71. The van der Waals surface area contributed by atoms with Crippen molar-refractivity contribution in [3.63, 3.8) is 0 Å². The average Bonchev–Trinajstić information content (AvgIpc) is 2.38. The molecule has 0 amide bonds. The van der Waals surface area contributed by atoms with Gasteiger partial charge in [-0.2, -0.15) is 0 Å². The zero-order chi connectivity index (χ0) is 11.2. The first kappa shape index (κ1) is 11.5. The number of hydrogen-bond donors (Lipinski definition) is 1. The number of alkyl halides is 1. The molecule has 0 aliphatic carbocycles. The lowest BCUT2D eigenvalue weighted by atomic mass is 9.92. The summed E-state index contributed by atoms with van der Waals surface area (Å²) in [6.07, 6.45) is 2.22. The van der Waals surface area contributed by atoms with E-state index in [4.69, 9.17) is 11.6 Å². The second-order valence-corrected chi connectivity index (χ2v) is 4.43. The van der Waals surface area contributed by atoms with E-state index in [0.29, 0.717) is 11.8 Å². The minimum atomic E-state index is 0.586. The summed E-state index contributed by atoms with van der Waals surface area (Å²) in [5, 5.41) is 3.26. The van der Waals surface area contributed by atoms with Gasteiger partial charge in [0.25, 0.3) is 0 Å². The van der Waals surface area contributed by atoms with Crippen molar-refractivity contribution in [2.45, 2.75) is 18.8 Å². The Labute approximate surface area is 102 Å². The fourth-order valence-corrected chi connectivity index (χ4v) is 2.13. The lowest BCUT2D eigenvalue weighted by molar-refractivity contribution is 0.614. The smallest absolute Gasteiger partial charge is 0.0963 e. The molecule has 0 radical (unpaired) electrons. The van der Waals surface area contributed by atoms with Crippen LogP contribution in [0.15, 0.2) is 35.3 Å². The summed E-state index contributed by atoms with van der Waals surface area (Å²) in [7, 11) is 0. The summed E-state index contributed by atoms with van der Waals surface area (Å²) in [5.74, 6) is 2.34. The van der Waals surface area contributed by atoms with E-state index < -0.39 is 0 Å². The molecule has 0 saturated carbocycles. The number of hydrogen-bond acceptors (Lipinski definition) is 2. The molecule has 2 rings (SSSR count). The van der Waals surface area contributed by atoms with Crippen LogP contribution < -0.4 is 5.32 Å². The zero-order valence-corrected chi connectivity index (χ0v) is 10.1. The Balaban J connectivity index is 1.92. The highest BCUT2D eigenvalue weighted by Crippen LogP contribution is 2.24. The summed E-state index contributed by atoms with van der Waals surface area (Å²) in [4.78, 5) is 4.57. The van der Waals surface area contributed by atoms with E-state index >= 15 is 0 Å². The van der Waals surface area contributed by atoms with Crippen molar-refractivity contribution >= 4 is 17.4 Å². The molecule has 0 fully saturated rings. The number of aliphatic imine (C=N–C) groups is 1. The quantitative estimate of drug-likeness (QED) is 0.802. The molecule has 0 spiro atoms. The van der Waals surface area contributed by atoms with Gasteiger partial charge in [-0.25, -0.2) is 0 Å². The highest BCUT2D eigenvalue weighted by atomic mass is 35.5. The molecule has 1 unspecified atom stereocenters. The largest absolute Gasteiger partial charge is 0.373 e.